The van der Waals surface area contributed by atoms with Gasteiger partial charge in [-0.05, 0) is 43.9 Å². The summed E-state index contributed by atoms with van der Waals surface area (Å²) in [4.78, 5) is 19.3. The van der Waals surface area contributed by atoms with Crippen LogP contribution in [0.1, 0.15) is 40.0 Å². The van der Waals surface area contributed by atoms with Crippen molar-refractivity contribution in [3.8, 4) is 0 Å². The van der Waals surface area contributed by atoms with Crippen LogP contribution in [0.2, 0.25) is 0 Å². The molecule has 1 saturated heterocycles. The number of aromatic amines is 1. The molecule has 1 amide bonds. The number of fused-ring (bicyclic) bond motifs is 1. The van der Waals surface area contributed by atoms with Crippen molar-refractivity contribution in [2.75, 3.05) is 13.1 Å². The topological polar surface area (TPSA) is 73.9 Å². The quantitative estimate of drug-likeness (QED) is 0.747. The zero-order valence-corrected chi connectivity index (χ0v) is 15.8. The average Bonchev–Trinajstić information content (AvgIpc) is 3.05. The van der Waals surface area contributed by atoms with Crippen molar-refractivity contribution < 1.29 is 4.79 Å². The standard InChI is InChI=1S/C21H25N5O/c1-14-5-3-4-6-16(14)13-26-9-7-18(8-10-26)23-21(27)17-11-19-15(2)24-25-20(19)22-12-17/h3-6,11-12,18H,7-10,13H2,1-2H3,(H,23,27)(H,22,24,25). The number of aromatic nitrogens is 3. The lowest BCUT2D eigenvalue weighted by Crippen LogP contribution is -2.44. The third kappa shape index (κ3) is 3.85. The maximum Gasteiger partial charge on any atom is 0.253 e. The third-order valence-corrected chi connectivity index (χ3v) is 5.44. The van der Waals surface area contributed by atoms with E-state index in [1.165, 1.54) is 11.1 Å². The molecule has 2 aromatic heterocycles. The predicted octanol–water partition coefficient (Wildman–Crippen LogP) is 2.97. The zero-order valence-electron chi connectivity index (χ0n) is 15.8. The first kappa shape index (κ1) is 17.7. The number of benzene rings is 1. The third-order valence-electron chi connectivity index (χ3n) is 5.44. The molecule has 0 unspecified atom stereocenters. The van der Waals surface area contributed by atoms with Gasteiger partial charge in [0, 0.05) is 43.0 Å². The van der Waals surface area contributed by atoms with Gasteiger partial charge in [-0.2, -0.15) is 5.10 Å². The number of piperidine rings is 1. The van der Waals surface area contributed by atoms with Crippen LogP contribution in [0.15, 0.2) is 36.5 Å². The zero-order chi connectivity index (χ0) is 18.8. The number of amides is 1. The van der Waals surface area contributed by atoms with E-state index in [4.69, 9.17) is 0 Å². The van der Waals surface area contributed by atoms with Crippen molar-refractivity contribution in [1.29, 1.82) is 0 Å². The number of aryl methyl sites for hydroxylation is 2. The second kappa shape index (κ2) is 7.48. The van der Waals surface area contributed by atoms with Gasteiger partial charge in [0.15, 0.2) is 5.65 Å². The summed E-state index contributed by atoms with van der Waals surface area (Å²) in [7, 11) is 0. The Morgan fingerprint density at radius 1 is 1.26 bits per heavy atom. The van der Waals surface area contributed by atoms with E-state index < -0.39 is 0 Å². The summed E-state index contributed by atoms with van der Waals surface area (Å²) in [6.07, 6.45) is 3.54. The van der Waals surface area contributed by atoms with Crippen LogP contribution in [-0.2, 0) is 6.54 Å². The SMILES string of the molecule is Cc1ccccc1CN1CCC(NC(=O)c2cnc3n[nH]c(C)c3c2)CC1. The van der Waals surface area contributed by atoms with E-state index in [0.717, 1.165) is 43.6 Å². The number of pyridine rings is 1. The van der Waals surface area contributed by atoms with Gasteiger partial charge in [-0.1, -0.05) is 24.3 Å². The van der Waals surface area contributed by atoms with E-state index in [1.807, 2.05) is 13.0 Å². The number of H-pyrrole nitrogens is 1. The number of carbonyl (C=O) groups excluding carboxylic acids is 1. The van der Waals surface area contributed by atoms with Crippen LogP contribution in [0, 0.1) is 13.8 Å². The Balaban J connectivity index is 1.33. The summed E-state index contributed by atoms with van der Waals surface area (Å²) < 4.78 is 0. The highest BCUT2D eigenvalue weighted by Crippen LogP contribution is 2.18. The molecule has 2 N–H and O–H groups in total. The van der Waals surface area contributed by atoms with Gasteiger partial charge in [0.25, 0.3) is 5.91 Å². The summed E-state index contributed by atoms with van der Waals surface area (Å²) in [5.74, 6) is -0.0534. The largest absolute Gasteiger partial charge is 0.349 e. The minimum absolute atomic E-state index is 0.0534. The van der Waals surface area contributed by atoms with Crippen molar-refractivity contribution in [2.45, 2.75) is 39.3 Å². The van der Waals surface area contributed by atoms with Gasteiger partial charge in [-0.25, -0.2) is 4.98 Å². The lowest BCUT2D eigenvalue weighted by Gasteiger charge is -2.32. The molecule has 1 aliphatic heterocycles. The summed E-state index contributed by atoms with van der Waals surface area (Å²) in [6, 6.07) is 10.6. The fourth-order valence-electron chi connectivity index (χ4n) is 3.68. The van der Waals surface area contributed by atoms with Crippen LogP contribution < -0.4 is 5.32 Å². The number of likely N-dealkylation sites (tertiary alicyclic amines) is 1. The van der Waals surface area contributed by atoms with Gasteiger partial charge in [-0.15, -0.1) is 0 Å². The number of hydrogen-bond acceptors (Lipinski definition) is 4. The molecule has 0 aliphatic carbocycles. The van der Waals surface area contributed by atoms with Crippen LogP contribution >= 0.6 is 0 Å². The van der Waals surface area contributed by atoms with Crippen molar-refractivity contribution in [3.05, 3.63) is 58.9 Å². The summed E-state index contributed by atoms with van der Waals surface area (Å²) >= 11 is 0. The number of nitrogens with one attached hydrogen (secondary N) is 2. The highest BCUT2D eigenvalue weighted by Gasteiger charge is 2.22. The molecular formula is C21H25N5O. The number of carbonyl (C=O) groups is 1. The molecule has 3 heterocycles. The van der Waals surface area contributed by atoms with E-state index in [9.17, 15) is 4.79 Å². The number of hydrogen-bond donors (Lipinski definition) is 2. The Bertz CT molecular complexity index is 956. The molecule has 0 spiro atoms. The number of rotatable bonds is 4. The molecule has 0 saturated carbocycles. The molecule has 27 heavy (non-hydrogen) atoms. The van der Waals surface area contributed by atoms with E-state index in [1.54, 1.807) is 6.20 Å². The van der Waals surface area contributed by atoms with E-state index in [-0.39, 0.29) is 11.9 Å². The molecule has 6 heteroatoms. The van der Waals surface area contributed by atoms with Crippen molar-refractivity contribution in [3.63, 3.8) is 0 Å². The Kier molecular flexibility index (Phi) is 4.90. The molecule has 3 aromatic rings. The molecule has 0 bridgehead atoms. The molecule has 1 aromatic carbocycles. The second-order valence-corrected chi connectivity index (χ2v) is 7.39. The first-order valence-corrected chi connectivity index (χ1v) is 9.48. The smallest absolute Gasteiger partial charge is 0.253 e. The van der Waals surface area contributed by atoms with Crippen LogP contribution in [-0.4, -0.2) is 45.1 Å². The Labute approximate surface area is 159 Å². The minimum atomic E-state index is -0.0534. The normalized spacial score (nSPS) is 15.9. The maximum absolute atomic E-state index is 12.6. The van der Waals surface area contributed by atoms with Gasteiger partial charge in [0.05, 0.1) is 5.56 Å². The van der Waals surface area contributed by atoms with Gasteiger partial charge in [-0.3, -0.25) is 14.8 Å². The molecule has 4 rings (SSSR count). The number of nitrogens with zero attached hydrogens (tertiary/aromatic N) is 3. The molecule has 0 atom stereocenters. The van der Waals surface area contributed by atoms with Crippen LogP contribution in [0.5, 0.6) is 0 Å². The lowest BCUT2D eigenvalue weighted by atomic mass is 10.0. The molecule has 1 aliphatic rings. The first-order valence-electron chi connectivity index (χ1n) is 9.48. The van der Waals surface area contributed by atoms with Crippen molar-refractivity contribution >= 4 is 16.9 Å². The monoisotopic (exact) mass is 363 g/mol. The second-order valence-electron chi connectivity index (χ2n) is 7.39. The van der Waals surface area contributed by atoms with E-state index in [2.05, 4.69) is 56.6 Å². The molecule has 140 valence electrons. The van der Waals surface area contributed by atoms with Crippen LogP contribution in [0.3, 0.4) is 0 Å². The fraction of sp³-hybridized carbons (Fsp3) is 0.381. The average molecular weight is 363 g/mol. The van der Waals surface area contributed by atoms with Crippen LogP contribution in [0.25, 0.3) is 11.0 Å². The Hall–Kier alpha value is -2.73. The Morgan fingerprint density at radius 3 is 2.81 bits per heavy atom. The van der Waals surface area contributed by atoms with Gasteiger partial charge < -0.3 is 5.32 Å². The van der Waals surface area contributed by atoms with Gasteiger partial charge in [0.1, 0.15) is 0 Å². The molecule has 6 nitrogen and oxygen atoms in total. The molecule has 0 radical (unpaired) electrons. The fourth-order valence-corrected chi connectivity index (χ4v) is 3.68. The summed E-state index contributed by atoms with van der Waals surface area (Å²) in [5, 5.41) is 11.1. The van der Waals surface area contributed by atoms with E-state index in [0.29, 0.717) is 11.2 Å². The molecular weight excluding hydrogens is 338 g/mol. The van der Waals surface area contributed by atoms with Crippen molar-refractivity contribution in [1.82, 2.24) is 25.4 Å². The lowest BCUT2D eigenvalue weighted by molar-refractivity contribution is 0.0908. The Morgan fingerprint density at radius 2 is 2.04 bits per heavy atom. The first-order chi connectivity index (χ1) is 13.1. The minimum Gasteiger partial charge on any atom is -0.349 e. The van der Waals surface area contributed by atoms with E-state index >= 15 is 0 Å². The predicted molar refractivity (Wildman–Crippen MR) is 106 cm³/mol. The molecule has 1 fully saturated rings. The van der Waals surface area contributed by atoms with Crippen molar-refractivity contribution in [2.24, 2.45) is 0 Å². The highest BCUT2D eigenvalue weighted by atomic mass is 16.1. The highest BCUT2D eigenvalue weighted by molar-refractivity contribution is 5.97. The summed E-state index contributed by atoms with van der Waals surface area (Å²) in [5.41, 5.74) is 4.89. The maximum atomic E-state index is 12.6. The summed E-state index contributed by atoms with van der Waals surface area (Å²) in [6.45, 7) is 7.07. The van der Waals surface area contributed by atoms with Gasteiger partial charge in [0.2, 0.25) is 0 Å². The van der Waals surface area contributed by atoms with Crippen LogP contribution in [0.4, 0.5) is 0 Å². The van der Waals surface area contributed by atoms with Gasteiger partial charge >= 0.3 is 0 Å².